The number of carbonyl (C=O) groups is 1. The molecule has 0 saturated carbocycles. The number of hydrogen-bond donors (Lipinski definition) is 0. The van der Waals surface area contributed by atoms with E-state index < -0.39 is 0 Å². The number of rotatable bonds is 3. The van der Waals surface area contributed by atoms with E-state index in [1.807, 2.05) is 29.6 Å². The van der Waals surface area contributed by atoms with Crippen molar-refractivity contribution < 1.29 is 4.79 Å². The van der Waals surface area contributed by atoms with Crippen LogP contribution in [0, 0.1) is 13.8 Å². The standard InChI is InChI=1S/C20H24N4OS/c1-14-6-4-5-7-16(14)13-23-8-10-24(11-9-23)19(25)18-12-17-15(2)21-22(3)20(17)26-18/h4-7,12H,8-11,13H2,1-3H3. The Hall–Kier alpha value is -2.18. The maximum Gasteiger partial charge on any atom is 0.264 e. The van der Waals surface area contributed by atoms with Gasteiger partial charge in [0.1, 0.15) is 4.83 Å². The second-order valence-corrected chi connectivity index (χ2v) is 8.06. The Morgan fingerprint density at radius 2 is 1.88 bits per heavy atom. The molecular weight excluding hydrogens is 344 g/mol. The van der Waals surface area contributed by atoms with Crippen molar-refractivity contribution in [2.24, 2.45) is 7.05 Å². The molecule has 1 fully saturated rings. The first-order valence-corrected chi connectivity index (χ1v) is 9.84. The second-order valence-electron chi connectivity index (χ2n) is 7.03. The fraction of sp³-hybridized carbons (Fsp3) is 0.400. The number of aromatic nitrogens is 2. The summed E-state index contributed by atoms with van der Waals surface area (Å²) in [5, 5.41) is 5.51. The largest absolute Gasteiger partial charge is 0.335 e. The molecule has 0 atom stereocenters. The van der Waals surface area contributed by atoms with Crippen LogP contribution in [0.1, 0.15) is 26.5 Å². The van der Waals surface area contributed by atoms with E-state index in [1.165, 1.54) is 11.1 Å². The predicted molar refractivity (Wildman–Crippen MR) is 106 cm³/mol. The maximum absolute atomic E-state index is 12.9. The summed E-state index contributed by atoms with van der Waals surface area (Å²) in [6.07, 6.45) is 0. The van der Waals surface area contributed by atoms with Crippen LogP contribution in [0.3, 0.4) is 0 Å². The lowest BCUT2D eigenvalue weighted by Crippen LogP contribution is -2.48. The fourth-order valence-electron chi connectivity index (χ4n) is 3.60. The smallest absolute Gasteiger partial charge is 0.264 e. The Bertz CT molecular complexity index is 916. The highest BCUT2D eigenvalue weighted by molar-refractivity contribution is 7.20. The third-order valence-electron chi connectivity index (χ3n) is 5.22. The lowest BCUT2D eigenvalue weighted by Gasteiger charge is -2.34. The van der Waals surface area contributed by atoms with Crippen molar-refractivity contribution in [1.82, 2.24) is 19.6 Å². The fourth-order valence-corrected chi connectivity index (χ4v) is 4.69. The first kappa shape index (κ1) is 17.2. The van der Waals surface area contributed by atoms with Gasteiger partial charge in [-0.05, 0) is 31.0 Å². The average molecular weight is 369 g/mol. The van der Waals surface area contributed by atoms with Crippen LogP contribution < -0.4 is 0 Å². The summed E-state index contributed by atoms with van der Waals surface area (Å²) < 4.78 is 1.87. The molecule has 0 N–H and O–H groups in total. The molecule has 1 amide bonds. The van der Waals surface area contributed by atoms with Crippen LogP contribution >= 0.6 is 11.3 Å². The summed E-state index contributed by atoms with van der Waals surface area (Å²) in [6, 6.07) is 10.5. The number of nitrogens with zero attached hydrogens (tertiary/aromatic N) is 4. The number of amides is 1. The number of aryl methyl sites for hydroxylation is 3. The number of hydrogen-bond acceptors (Lipinski definition) is 4. The zero-order valence-corrected chi connectivity index (χ0v) is 16.3. The number of carbonyl (C=O) groups excluding carboxylic acids is 1. The van der Waals surface area contributed by atoms with Gasteiger partial charge in [-0.15, -0.1) is 11.3 Å². The molecule has 1 saturated heterocycles. The van der Waals surface area contributed by atoms with Gasteiger partial charge in [0.2, 0.25) is 0 Å². The molecule has 0 aliphatic carbocycles. The average Bonchev–Trinajstić information content (AvgIpc) is 3.19. The van der Waals surface area contributed by atoms with Crippen molar-refractivity contribution in [1.29, 1.82) is 0 Å². The van der Waals surface area contributed by atoms with E-state index >= 15 is 0 Å². The predicted octanol–water partition coefficient (Wildman–Crippen LogP) is 3.21. The Kier molecular flexibility index (Phi) is 4.54. The maximum atomic E-state index is 12.9. The van der Waals surface area contributed by atoms with Gasteiger partial charge in [0.25, 0.3) is 5.91 Å². The van der Waals surface area contributed by atoms with Gasteiger partial charge in [0, 0.05) is 45.2 Å². The zero-order valence-electron chi connectivity index (χ0n) is 15.5. The van der Waals surface area contributed by atoms with E-state index in [4.69, 9.17) is 0 Å². The van der Waals surface area contributed by atoms with Crippen LogP contribution in [0.4, 0.5) is 0 Å². The summed E-state index contributed by atoms with van der Waals surface area (Å²) in [5.74, 6) is 0.154. The summed E-state index contributed by atoms with van der Waals surface area (Å²) >= 11 is 1.55. The van der Waals surface area contributed by atoms with Crippen molar-refractivity contribution in [3.05, 3.63) is 52.0 Å². The highest BCUT2D eigenvalue weighted by atomic mass is 32.1. The van der Waals surface area contributed by atoms with Gasteiger partial charge in [-0.3, -0.25) is 14.4 Å². The number of thiophene rings is 1. The number of piperazine rings is 1. The summed E-state index contributed by atoms with van der Waals surface area (Å²) in [4.78, 5) is 19.2. The third kappa shape index (κ3) is 3.15. The molecule has 1 aromatic carbocycles. The Morgan fingerprint density at radius 3 is 2.58 bits per heavy atom. The molecule has 0 unspecified atom stereocenters. The van der Waals surface area contributed by atoms with Crippen LogP contribution in [-0.2, 0) is 13.6 Å². The minimum atomic E-state index is 0.154. The lowest BCUT2D eigenvalue weighted by molar-refractivity contribution is 0.0633. The van der Waals surface area contributed by atoms with Crippen molar-refractivity contribution in [2.45, 2.75) is 20.4 Å². The van der Waals surface area contributed by atoms with Crippen LogP contribution in [0.5, 0.6) is 0 Å². The molecule has 136 valence electrons. The van der Waals surface area contributed by atoms with Crippen LogP contribution in [0.2, 0.25) is 0 Å². The van der Waals surface area contributed by atoms with E-state index in [2.05, 4.69) is 41.2 Å². The zero-order chi connectivity index (χ0) is 18.3. The van der Waals surface area contributed by atoms with Gasteiger partial charge < -0.3 is 4.90 Å². The third-order valence-corrected chi connectivity index (χ3v) is 6.41. The normalized spacial score (nSPS) is 15.7. The quantitative estimate of drug-likeness (QED) is 0.713. The minimum absolute atomic E-state index is 0.154. The van der Waals surface area contributed by atoms with E-state index in [9.17, 15) is 4.79 Å². The SMILES string of the molecule is Cc1ccccc1CN1CCN(C(=O)c2cc3c(C)nn(C)c3s2)CC1. The lowest BCUT2D eigenvalue weighted by atomic mass is 10.1. The van der Waals surface area contributed by atoms with Crippen LogP contribution in [0.25, 0.3) is 10.2 Å². The molecule has 3 heterocycles. The number of benzene rings is 1. The number of fused-ring (bicyclic) bond motifs is 1. The van der Waals surface area contributed by atoms with Crippen molar-refractivity contribution in [2.75, 3.05) is 26.2 Å². The van der Waals surface area contributed by atoms with Crippen LogP contribution in [-0.4, -0.2) is 51.7 Å². The second kappa shape index (κ2) is 6.85. The molecule has 1 aliphatic rings. The van der Waals surface area contributed by atoms with Crippen molar-refractivity contribution >= 4 is 27.5 Å². The Morgan fingerprint density at radius 1 is 1.15 bits per heavy atom. The molecule has 5 nitrogen and oxygen atoms in total. The summed E-state index contributed by atoms with van der Waals surface area (Å²) in [6.45, 7) is 8.53. The van der Waals surface area contributed by atoms with E-state index in [1.54, 1.807) is 11.3 Å². The molecule has 0 bridgehead atoms. The van der Waals surface area contributed by atoms with Crippen molar-refractivity contribution in [3.8, 4) is 0 Å². The monoisotopic (exact) mass is 368 g/mol. The highest BCUT2D eigenvalue weighted by Gasteiger charge is 2.24. The molecule has 3 aromatic rings. The first-order chi connectivity index (χ1) is 12.5. The van der Waals surface area contributed by atoms with Gasteiger partial charge in [-0.1, -0.05) is 24.3 Å². The minimum Gasteiger partial charge on any atom is -0.335 e. The molecular formula is C20H24N4OS. The van der Waals surface area contributed by atoms with Gasteiger partial charge in [0.05, 0.1) is 10.6 Å². The van der Waals surface area contributed by atoms with Gasteiger partial charge >= 0.3 is 0 Å². The molecule has 26 heavy (non-hydrogen) atoms. The molecule has 2 aromatic heterocycles. The van der Waals surface area contributed by atoms with Crippen LogP contribution in [0.15, 0.2) is 30.3 Å². The Labute approximate surface area is 157 Å². The molecule has 0 spiro atoms. The Balaban J connectivity index is 1.41. The van der Waals surface area contributed by atoms with E-state index in [0.717, 1.165) is 53.5 Å². The van der Waals surface area contributed by atoms with Crippen molar-refractivity contribution in [3.63, 3.8) is 0 Å². The topological polar surface area (TPSA) is 41.4 Å². The van der Waals surface area contributed by atoms with E-state index in [-0.39, 0.29) is 5.91 Å². The summed E-state index contributed by atoms with van der Waals surface area (Å²) in [7, 11) is 1.93. The first-order valence-electron chi connectivity index (χ1n) is 9.02. The van der Waals surface area contributed by atoms with Gasteiger partial charge in [-0.2, -0.15) is 5.10 Å². The molecule has 6 heteroatoms. The van der Waals surface area contributed by atoms with Gasteiger partial charge in [-0.25, -0.2) is 0 Å². The molecule has 1 aliphatic heterocycles. The van der Waals surface area contributed by atoms with Gasteiger partial charge in [0.15, 0.2) is 0 Å². The summed E-state index contributed by atoms with van der Waals surface area (Å²) in [5.41, 5.74) is 3.70. The molecule has 0 radical (unpaired) electrons. The molecule has 4 rings (SSSR count). The van der Waals surface area contributed by atoms with E-state index in [0.29, 0.717) is 0 Å². The highest BCUT2D eigenvalue weighted by Crippen LogP contribution is 2.28.